The summed E-state index contributed by atoms with van der Waals surface area (Å²) < 4.78 is 24.6. The fraction of sp³-hybridized carbons (Fsp3) is 0.462. The van der Waals surface area contributed by atoms with Gasteiger partial charge in [0.25, 0.3) is 0 Å². The van der Waals surface area contributed by atoms with E-state index < -0.39 is 21.0 Å². The van der Waals surface area contributed by atoms with Crippen LogP contribution >= 0.6 is 0 Å². The molecule has 106 valence electrons. The van der Waals surface area contributed by atoms with Crippen LogP contribution in [0.2, 0.25) is 0 Å². The van der Waals surface area contributed by atoms with Crippen LogP contribution in [-0.2, 0) is 14.6 Å². The molecule has 3 N–H and O–H groups in total. The number of nitrogens with two attached hydrogens (primary N) is 1. The number of carbonyl (C=O) groups is 1. The second kappa shape index (κ2) is 6.06. The van der Waals surface area contributed by atoms with Crippen molar-refractivity contribution in [2.75, 3.05) is 5.73 Å². The third kappa shape index (κ3) is 3.47. The van der Waals surface area contributed by atoms with Gasteiger partial charge in [0.05, 0.1) is 10.6 Å². The summed E-state index contributed by atoms with van der Waals surface area (Å²) in [6, 6.07) is 6.10. The molecule has 1 rings (SSSR count). The molecule has 0 aliphatic carbocycles. The van der Waals surface area contributed by atoms with Crippen molar-refractivity contribution in [2.24, 2.45) is 0 Å². The summed E-state index contributed by atoms with van der Waals surface area (Å²) >= 11 is 0. The first-order chi connectivity index (χ1) is 8.80. The quantitative estimate of drug-likeness (QED) is 0.799. The molecule has 0 aliphatic rings. The number of para-hydroxylation sites is 1. The lowest BCUT2D eigenvalue weighted by Crippen LogP contribution is -2.42. The van der Waals surface area contributed by atoms with Gasteiger partial charge in [0, 0.05) is 6.04 Å². The van der Waals surface area contributed by atoms with E-state index in [1.165, 1.54) is 19.1 Å². The predicted octanol–water partition coefficient (Wildman–Crippen LogP) is 1.35. The zero-order valence-electron chi connectivity index (χ0n) is 11.4. The third-order valence-electron chi connectivity index (χ3n) is 3.06. The average Bonchev–Trinajstić information content (AvgIpc) is 2.37. The fourth-order valence-corrected chi connectivity index (χ4v) is 2.93. The third-order valence-corrected chi connectivity index (χ3v) is 5.19. The highest BCUT2D eigenvalue weighted by Crippen LogP contribution is 2.22. The van der Waals surface area contributed by atoms with Gasteiger partial charge in [0.1, 0.15) is 5.25 Å². The molecular weight excluding hydrogens is 264 g/mol. The number of nitrogens with one attached hydrogen (secondary N) is 1. The molecule has 0 aromatic heterocycles. The maximum Gasteiger partial charge on any atom is 0.238 e. The standard InChI is InChI=1S/C13H20N2O3S/c1-4-9(2)15-13(16)10(3)19(17,18)12-8-6-5-7-11(12)14/h5-10H,4,14H2,1-3H3,(H,15,16). The molecule has 6 heteroatoms. The molecule has 1 aromatic rings. The van der Waals surface area contributed by atoms with Crippen molar-refractivity contribution in [2.45, 2.75) is 43.4 Å². The highest BCUT2D eigenvalue weighted by molar-refractivity contribution is 7.93. The molecule has 19 heavy (non-hydrogen) atoms. The summed E-state index contributed by atoms with van der Waals surface area (Å²) in [6.07, 6.45) is 0.742. The number of amides is 1. The lowest BCUT2D eigenvalue weighted by molar-refractivity contribution is -0.121. The van der Waals surface area contributed by atoms with E-state index in [1.807, 2.05) is 13.8 Å². The Morgan fingerprint density at radius 3 is 2.42 bits per heavy atom. The normalized spacial score (nSPS) is 14.7. The van der Waals surface area contributed by atoms with Gasteiger partial charge in [-0.15, -0.1) is 0 Å². The summed E-state index contributed by atoms with van der Waals surface area (Å²) in [5, 5.41) is 1.50. The molecule has 0 spiro atoms. The van der Waals surface area contributed by atoms with Crippen molar-refractivity contribution in [3.05, 3.63) is 24.3 Å². The van der Waals surface area contributed by atoms with Gasteiger partial charge in [-0.25, -0.2) is 8.42 Å². The highest BCUT2D eigenvalue weighted by atomic mass is 32.2. The van der Waals surface area contributed by atoms with Crippen LogP contribution in [0, 0.1) is 0 Å². The molecule has 2 unspecified atom stereocenters. The maximum atomic E-state index is 12.3. The largest absolute Gasteiger partial charge is 0.398 e. The zero-order chi connectivity index (χ0) is 14.6. The monoisotopic (exact) mass is 284 g/mol. The van der Waals surface area contributed by atoms with E-state index in [9.17, 15) is 13.2 Å². The molecule has 0 radical (unpaired) electrons. The average molecular weight is 284 g/mol. The topological polar surface area (TPSA) is 89.3 Å². The van der Waals surface area contributed by atoms with Crippen LogP contribution in [0.4, 0.5) is 5.69 Å². The Balaban J connectivity index is 3.01. The van der Waals surface area contributed by atoms with Gasteiger partial charge >= 0.3 is 0 Å². The molecule has 1 amide bonds. The first-order valence-electron chi connectivity index (χ1n) is 6.19. The van der Waals surface area contributed by atoms with Crippen molar-refractivity contribution >= 4 is 21.4 Å². The van der Waals surface area contributed by atoms with E-state index in [1.54, 1.807) is 12.1 Å². The second-order valence-electron chi connectivity index (χ2n) is 4.54. The predicted molar refractivity (Wildman–Crippen MR) is 75.4 cm³/mol. The lowest BCUT2D eigenvalue weighted by atomic mass is 10.2. The number of benzene rings is 1. The van der Waals surface area contributed by atoms with E-state index in [2.05, 4.69) is 5.32 Å². The number of rotatable bonds is 5. The van der Waals surface area contributed by atoms with E-state index in [0.29, 0.717) is 0 Å². The SMILES string of the molecule is CCC(C)NC(=O)C(C)S(=O)(=O)c1ccccc1N. The minimum absolute atomic E-state index is 0.00167. The van der Waals surface area contributed by atoms with Crippen molar-refractivity contribution in [3.63, 3.8) is 0 Å². The van der Waals surface area contributed by atoms with Crippen LogP contribution in [0.15, 0.2) is 29.2 Å². The van der Waals surface area contributed by atoms with Crippen molar-refractivity contribution in [1.29, 1.82) is 0 Å². The Morgan fingerprint density at radius 1 is 1.32 bits per heavy atom. The van der Waals surface area contributed by atoms with Crippen LogP contribution in [0.3, 0.4) is 0 Å². The Labute approximate surface area is 114 Å². The molecule has 1 aromatic carbocycles. The van der Waals surface area contributed by atoms with Gasteiger partial charge < -0.3 is 11.1 Å². The Bertz CT molecular complexity index is 555. The smallest absolute Gasteiger partial charge is 0.238 e. The van der Waals surface area contributed by atoms with Crippen molar-refractivity contribution in [3.8, 4) is 0 Å². The molecule has 0 heterocycles. The summed E-state index contributed by atoms with van der Waals surface area (Å²) in [6.45, 7) is 5.12. The maximum absolute atomic E-state index is 12.3. The number of hydrogen-bond acceptors (Lipinski definition) is 4. The van der Waals surface area contributed by atoms with Gasteiger partial charge in [-0.2, -0.15) is 0 Å². The van der Waals surface area contributed by atoms with Gasteiger partial charge in [0.15, 0.2) is 9.84 Å². The summed E-state index contributed by atoms with van der Waals surface area (Å²) in [5.41, 5.74) is 5.82. The van der Waals surface area contributed by atoms with Crippen molar-refractivity contribution < 1.29 is 13.2 Å². The minimum Gasteiger partial charge on any atom is -0.398 e. The first kappa shape index (κ1) is 15.5. The second-order valence-corrected chi connectivity index (χ2v) is 6.78. The number of hydrogen-bond donors (Lipinski definition) is 2. The molecule has 5 nitrogen and oxygen atoms in total. The van der Waals surface area contributed by atoms with E-state index >= 15 is 0 Å². The lowest BCUT2D eigenvalue weighted by Gasteiger charge is -2.17. The van der Waals surface area contributed by atoms with Gasteiger partial charge in [-0.3, -0.25) is 4.79 Å². The van der Waals surface area contributed by atoms with E-state index in [0.717, 1.165) is 6.42 Å². The number of nitrogen functional groups attached to an aromatic ring is 1. The number of sulfone groups is 1. The molecule has 0 aliphatic heterocycles. The number of anilines is 1. The van der Waals surface area contributed by atoms with Crippen LogP contribution in [-0.4, -0.2) is 25.6 Å². The molecule has 0 saturated carbocycles. The minimum atomic E-state index is -3.76. The summed E-state index contributed by atoms with van der Waals surface area (Å²) in [7, 11) is -3.76. The molecule has 0 bridgehead atoms. The Morgan fingerprint density at radius 2 is 1.89 bits per heavy atom. The number of carbonyl (C=O) groups excluding carboxylic acids is 1. The zero-order valence-corrected chi connectivity index (χ0v) is 12.2. The summed E-state index contributed by atoms with van der Waals surface area (Å²) in [5.74, 6) is -0.502. The molecule has 0 saturated heterocycles. The molecule has 0 fully saturated rings. The van der Waals surface area contributed by atoms with E-state index in [-0.39, 0.29) is 16.6 Å². The van der Waals surface area contributed by atoms with Crippen LogP contribution < -0.4 is 11.1 Å². The Kier molecular flexibility index (Phi) is 4.94. The molecule has 2 atom stereocenters. The van der Waals surface area contributed by atoms with Crippen molar-refractivity contribution in [1.82, 2.24) is 5.32 Å². The van der Waals surface area contributed by atoms with Crippen LogP contribution in [0.25, 0.3) is 0 Å². The van der Waals surface area contributed by atoms with E-state index in [4.69, 9.17) is 5.73 Å². The summed E-state index contributed by atoms with van der Waals surface area (Å²) in [4.78, 5) is 11.9. The van der Waals surface area contributed by atoms with Gasteiger partial charge in [-0.05, 0) is 32.4 Å². The van der Waals surface area contributed by atoms with Crippen LogP contribution in [0.1, 0.15) is 27.2 Å². The highest BCUT2D eigenvalue weighted by Gasteiger charge is 2.31. The molecular formula is C13H20N2O3S. The fourth-order valence-electron chi connectivity index (χ4n) is 1.53. The van der Waals surface area contributed by atoms with Gasteiger partial charge in [0.2, 0.25) is 5.91 Å². The first-order valence-corrected chi connectivity index (χ1v) is 7.74. The Hall–Kier alpha value is -1.56. The van der Waals surface area contributed by atoms with Crippen LogP contribution in [0.5, 0.6) is 0 Å². The van der Waals surface area contributed by atoms with Gasteiger partial charge in [-0.1, -0.05) is 19.1 Å².